The number of benzene rings is 2. The summed E-state index contributed by atoms with van der Waals surface area (Å²) in [5.41, 5.74) is 1.47. The first-order valence-corrected chi connectivity index (χ1v) is 6.97. The molecule has 0 bridgehead atoms. The number of methoxy groups -OCH3 is 5. The van der Waals surface area contributed by atoms with Gasteiger partial charge in [-0.3, -0.25) is 0 Å². The van der Waals surface area contributed by atoms with E-state index in [-0.39, 0.29) is 0 Å². The van der Waals surface area contributed by atoms with Gasteiger partial charge in [0.05, 0.1) is 46.9 Å². The predicted molar refractivity (Wildman–Crippen MR) is 88.9 cm³/mol. The van der Waals surface area contributed by atoms with Gasteiger partial charge in [0.1, 0.15) is 0 Å². The summed E-state index contributed by atoms with van der Waals surface area (Å²) in [5.74, 6) is 2.88. The van der Waals surface area contributed by atoms with E-state index in [0.717, 1.165) is 11.4 Å². The molecular formula is C17H21NO5. The molecule has 2 aromatic rings. The Kier molecular flexibility index (Phi) is 5.41. The topological polar surface area (TPSA) is 58.2 Å². The minimum atomic E-state index is 0.516. The van der Waals surface area contributed by atoms with Crippen molar-refractivity contribution in [1.29, 1.82) is 0 Å². The summed E-state index contributed by atoms with van der Waals surface area (Å²) < 4.78 is 26.9. The molecule has 0 aliphatic heterocycles. The Hall–Kier alpha value is -2.76. The van der Waals surface area contributed by atoms with E-state index in [0.29, 0.717) is 28.7 Å². The Balaban J connectivity index is 2.49. The van der Waals surface area contributed by atoms with Crippen LogP contribution in [-0.2, 0) is 0 Å². The van der Waals surface area contributed by atoms with Crippen LogP contribution in [0.4, 0.5) is 11.4 Å². The zero-order chi connectivity index (χ0) is 16.8. The molecule has 0 aliphatic carbocycles. The van der Waals surface area contributed by atoms with Gasteiger partial charge < -0.3 is 29.0 Å². The average molecular weight is 319 g/mol. The van der Waals surface area contributed by atoms with Crippen LogP contribution in [0.2, 0.25) is 0 Å². The van der Waals surface area contributed by atoms with E-state index in [9.17, 15) is 0 Å². The average Bonchev–Trinajstić information content (AvgIpc) is 2.60. The molecule has 2 rings (SSSR count). The lowest BCUT2D eigenvalue weighted by Gasteiger charge is -2.18. The number of rotatable bonds is 7. The number of hydrogen-bond acceptors (Lipinski definition) is 6. The Labute approximate surface area is 135 Å². The van der Waals surface area contributed by atoms with Crippen molar-refractivity contribution in [2.24, 2.45) is 0 Å². The van der Waals surface area contributed by atoms with Crippen LogP contribution in [-0.4, -0.2) is 35.5 Å². The molecule has 0 heterocycles. The maximum Gasteiger partial charge on any atom is 0.205 e. The zero-order valence-corrected chi connectivity index (χ0v) is 13.9. The molecule has 6 nitrogen and oxygen atoms in total. The van der Waals surface area contributed by atoms with Crippen LogP contribution >= 0.6 is 0 Å². The van der Waals surface area contributed by atoms with Crippen LogP contribution in [0, 0.1) is 0 Å². The van der Waals surface area contributed by atoms with Gasteiger partial charge >= 0.3 is 0 Å². The van der Waals surface area contributed by atoms with E-state index >= 15 is 0 Å². The van der Waals surface area contributed by atoms with E-state index in [1.165, 1.54) is 0 Å². The predicted octanol–water partition coefficient (Wildman–Crippen LogP) is 3.47. The van der Waals surface area contributed by atoms with Crippen molar-refractivity contribution < 1.29 is 23.7 Å². The smallest absolute Gasteiger partial charge is 0.205 e. The van der Waals surface area contributed by atoms with Crippen molar-refractivity contribution in [2.75, 3.05) is 40.9 Å². The standard InChI is InChI=1S/C17H21NO5/c1-19-13-8-6-7-11(15(13)21-3)18-12-9-10-14(20-2)17(23-5)16(12)22-4/h6-10,18H,1-5H3. The lowest BCUT2D eigenvalue weighted by Crippen LogP contribution is -2.01. The van der Waals surface area contributed by atoms with E-state index in [1.807, 2.05) is 24.3 Å². The van der Waals surface area contributed by atoms with Crippen molar-refractivity contribution in [2.45, 2.75) is 0 Å². The third-order valence-electron chi connectivity index (χ3n) is 3.38. The number of hydrogen-bond donors (Lipinski definition) is 1. The molecule has 0 saturated heterocycles. The van der Waals surface area contributed by atoms with E-state index < -0.39 is 0 Å². The molecule has 0 radical (unpaired) electrons. The Morgan fingerprint density at radius 1 is 0.565 bits per heavy atom. The molecule has 0 unspecified atom stereocenters. The summed E-state index contributed by atoms with van der Waals surface area (Å²) in [6.45, 7) is 0. The zero-order valence-electron chi connectivity index (χ0n) is 13.9. The second kappa shape index (κ2) is 7.49. The van der Waals surface area contributed by atoms with Crippen molar-refractivity contribution in [1.82, 2.24) is 0 Å². The SMILES string of the molecule is COc1cccc(Nc2ccc(OC)c(OC)c2OC)c1OC. The minimum Gasteiger partial charge on any atom is -0.493 e. The van der Waals surface area contributed by atoms with Crippen LogP contribution in [0.25, 0.3) is 0 Å². The van der Waals surface area contributed by atoms with Crippen LogP contribution < -0.4 is 29.0 Å². The Morgan fingerprint density at radius 2 is 1.13 bits per heavy atom. The van der Waals surface area contributed by atoms with Gasteiger partial charge in [-0.05, 0) is 24.3 Å². The highest BCUT2D eigenvalue weighted by molar-refractivity contribution is 5.77. The normalized spacial score (nSPS) is 9.96. The van der Waals surface area contributed by atoms with Crippen molar-refractivity contribution in [3.63, 3.8) is 0 Å². The van der Waals surface area contributed by atoms with Crippen LogP contribution in [0.1, 0.15) is 0 Å². The summed E-state index contributed by atoms with van der Waals surface area (Å²) in [5, 5.41) is 3.28. The van der Waals surface area contributed by atoms with E-state index in [2.05, 4.69) is 5.32 Å². The van der Waals surface area contributed by atoms with Gasteiger partial charge in [0, 0.05) is 0 Å². The second-order valence-electron chi connectivity index (χ2n) is 4.55. The second-order valence-corrected chi connectivity index (χ2v) is 4.55. The first-order valence-electron chi connectivity index (χ1n) is 6.97. The van der Waals surface area contributed by atoms with Gasteiger partial charge in [0.15, 0.2) is 23.0 Å². The van der Waals surface area contributed by atoms with Crippen LogP contribution in [0.15, 0.2) is 30.3 Å². The van der Waals surface area contributed by atoms with Gasteiger partial charge in [0.2, 0.25) is 5.75 Å². The molecular weight excluding hydrogens is 298 g/mol. The largest absolute Gasteiger partial charge is 0.493 e. The lowest BCUT2D eigenvalue weighted by atomic mass is 10.2. The Morgan fingerprint density at radius 3 is 1.70 bits per heavy atom. The third-order valence-corrected chi connectivity index (χ3v) is 3.38. The van der Waals surface area contributed by atoms with Crippen molar-refractivity contribution in [3.05, 3.63) is 30.3 Å². The number of ether oxygens (including phenoxy) is 5. The monoisotopic (exact) mass is 319 g/mol. The molecule has 0 spiro atoms. The van der Waals surface area contributed by atoms with Crippen molar-refractivity contribution >= 4 is 11.4 Å². The fraction of sp³-hybridized carbons (Fsp3) is 0.294. The molecule has 6 heteroatoms. The van der Waals surface area contributed by atoms with Crippen LogP contribution in [0.3, 0.4) is 0 Å². The molecule has 2 aromatic carbocycles. The number of anilines is 2. The van der Waals surface area contributed by atoms with Gasteiger partial charge in [-0.2, -0.15) is 0 Å². The molecule has 0 fully saturated rings. The summed E-state index contributed by atoms with van der Waals surface area (Å²) in [7, 11) is 7.91. The first-order chi connectivity index (χ1) is 11.2. The quantitative estimate of drug-likeness (QED) is 0.843. The maximum atomic E-state index is 5.47. The van der Waals surface area contributed by atoms with Gasteiger partial charge in [-0.25, -0.2) is 0 Å². The molecule has 0 amide bonds. The summed E-state index contributed by atoms with van der Waals surface area (Å²) in [6.07, 6.45) is 0. The van der Waals surface area contributed by atoms with Crippen LogP contribution in [0.5, 0.6) is 28.7 Å². The molecule has 0 saturated carbocycles. The van der Waals surface area contributed by atoms with Crippen molar-refractivity contribution in [3.8, 4) is 28.7 Å². The van der Waals surface area contributed by atoms with Gasteiger partial charge in [-0.15, -0.1) is 0 Å². The third kappa shape index (κ3) is 3.21. The maximum absolute atomic E-state index is 5.47. The highest BCUT2D eigenvalue weighted by Crippen LogP contribution is 2.45. The highest BCUT2D eigenvalue weighted by atomic mass is 16.5. The van der Waals surface area contributed by atoms with Gasteiger partial charge in [-0.1, -0.05) is 6.07 Å². The Bertz CT molecular complexity index is 672. The highest BCUT2D eigenvalue weighted by Gasteiger charge is 2.18. The number of nitrogens with one attached hydrogen (secondary N) is 1. The molecule has 124 valence electrons. The summed E-state index contributed by atoms with van der Waals surface area (Å²) in [6, 6.07) is 9.24. The molecule has 1 N–H and O–H groups in total. The summed E-state index contributed by atoms with van der Waals surface area (Å²) in [4.78, 5) is 0. The first kappa shape index (κ1) is 16.6. The van der Waals surface area contributed by atoms with E-state index in [4.69, 9.17) is 23.7 Å². The molecule has 23 heavy (non-hydrogen) atoms. The molecule has 0 aromatic heterocycles. The lowest BCUT2D eigenvalue weighted by molar-refractivity contribution is 0.325. The summed E-state index contributed by atoms with van der Waals surface area (Å²) >= 11 is 0. The molecule has 0 atom stereocenters. The number of para-hydroxylation sites is 1. The fourth-order valence-corrected chi connectivity index (χ4v) is 2.33. The fourth-order valence-electron chi connectivity index (χ4n) is 2.33. The van der Waals surface area contributed by atoms with E-state index in [1.54, 1.807) is 41.6 Å². The van der Waals surface area contributed by atoms with Gasteiger partial charge in [0.25, 0.3) is 0 Å². The minimum absolute atomic E-state index is 0.516. The molecule has 0 aliphatic rings.